The van der Waals surface area contributed by atoms with Crippen molar-refractivity contribution in [2.45, 2.75) is 6.42 Å². The zero-order chi connectivity index (χ0) is 11.4. The number of aromatic nitrogens is 2. The molecular weight excluding hydrogens is 246 g/mol. The number of anilines is 1. The van der Waals surface area contributed by atoms with E-state index in [0.717, 1.165) is 17.1 Å². The number of nitrogens with one attached hydrogen (secondary N) is 1. The molecule has 1 N–H and O–H groups in total. The van der Waals surface area contributed by atoms with Crippen LogP contribution in [0.1, 0.15) is 5.56 Å². The van der Waals surface area contributed by atoms with Crippen molar-refractivity contribution in [1.82, 2.24) is 9.59 Å². The minimum absolute atomic E-state index is 0.0895. The number of carbonyl (C=O) groups is 1. The van der Waals surface area contributed by atoms with E-state index in [1.165, 1.54) is 6.20 Å². The van der Waals surface area contributed by atoms with Crippen molar-refractivity contribution in [3.05, 3.63) is 41.0 Å². The molecule has 0 bridgehead atoms. The van der Waals surface area contributed by atoms with Crippen LogP contribution in [0.5, 0.6) is 0 Å². The molecule has 2 aromatic rings. The van der Waals surface area contributed by atoms with E-state index in [1.807, 2.05) is 12.1 Å². The Morgan fingerprint density at radius 2 is 2.12 bits per heavy atom. The summed E-state index contributed by atoms with van der Waals surface area (Å²) < 4.78 is 3.65. The molecule has 1 heterocycles. The SMILES string of the molecule is O=C(Cc1ccc(Cl)cc1)Nc1cnns1. The van der Waals surface area contributed by atoms with Crippen molar-refractivity contribution in [1.29, 1.82) is 0 Å². The summed E-state index contributed by atoms with van der Waals surface area (Å²) in [5.74, 6) is -0.0895. The third kappa shape index (κ3) is 3.01. The molecule has 0 atom stereocenters. The van der Waals surface area contributed by atoms with Gasteiger partial charge in [-0.25, -0.2) is 0 Å². The van der Waals surface area contributed by atoms with E-state index in [9.17, 15) is 4.79 Å². The van der Waals surface area contributed by atoms with Crippen molar-refractivity contribution in [3.63, 3.8) is 0 Å². The van der Waals surface area contributed by atoms with Gasteiger partial charge in [-0.15, -0.1) is 5.10 Å². The van der Waals surface area contributed by atoms with Crippen LogP contribution in [0.25, 0.3) is 0 Å². The normalized spacial score (nSPS) is 10.1. The lowest BCUT2D eigenvalue weighted by atomic mass is 10.1. The molecule has 6 heteroatoms. The summed E-state index contributed by atoms with van der Waals surface area (Å²) in [4.78, 5) is 11.6. The first-order valence-corrected chi connectivity index (χ1v) is 5.71. The Hall–Kier alpha value is -1.46. The zero-order valence-corrected chi connectivity index (χ0v) is 9.76. The molecule has 0 aliphatic rings. The van der Waals surface area contributed by atoms with Gasteiger partial charge in [-0.2, -0.15) is 0 Å². The Morgan fingerprint density at radius 3 is 2.75 bits per heavy atom. The quantitative estimate of drug-likeness (QED) is 0.914. The van der Waals surface area contributed by atoms with Gasteiger partial charge in [0.05, 0.1) is 12.6 Å². The van der Waals surface area contributed by atoms with Gasteiger partial charge in [0, 0.05) is 16.6 Å². The van der Waals surface area contributed by atoms with Crippen molar-refractivity contribution in [2.24, 2.45) is 0 Å². The largest absolute Gasteiger partial charge is 0.315 e. The number of carbonyl (C=O) groups excluding carboxylic acids is 1. The minimum atomic E-state index is -0.0895. The summed E-state index contributed by atoms with van der Waals surface area (Å²) in [5.41, 5.74) is 0.916. The summed E-state index contributed by atoms with van der Waals surface area (Å²) in [5, 5.41) is 7.65. The maximum absolute atomic E-state index is 11.6. The highest BCUT2D eigenvalue weighted by Gasteiger charge is 2.05. The molecule has 0 aliphatic carbocycles. The second-order valence-electron chi connectivity index (χ2n) is 3.13. The smallest absolute Gasteiger partial charge is 0.229 e. The average Bonchev–Trinajstić information content (AvgIpc) is 2.74. The second kappa shape index (κ2) is 5.05. The van der Waals surface area contributed by atoms with Crippen LogP contribution in [-0.2, 0) is 11.2 Å². The number of amides is 1. The van der Waals surface area contributed by atoms with E-state index in [0.29, 0.717) is 16.4 Å². The highest BCUT2D eigenvalue weighted by Crippen LogP contribution is 2.12. The van der Waals surface area contributed by atoms with Crippen molar-refractivity contribution in [3.8, 4) is 0 Å². The summed E-state index contributed by atoms with van der Waals surface area (Å²) in [6.45, 7) is 0. The Labute approximate surface area is 101 Å². The average molecular weight is 254 g/mol. The molecule has 0 saturated heterocycles. The first kappa shape index (κ1) is 11.0. The predicted molar refractivity (Wildman–Crippen MR) is 63.7 cm³/mol. The molecular formula is C10H8ClN3OS. The molecule has 0 fully saturated rings. The summed E-state index contributed by atoms with van der Waals surface area (Å²) >= 11 is 6.90. The van der Waals surface area contributed by atoms with Crippen LogP contribution in [0.15, 0.2) is 30.5 Å². The maximum atomic E-state index is 11.6. The van der Waals surface area contributed by atoms with E-state index < -0.39 is 0 Å². The van der Waals surface area contributed by atoms with Gasteiger partial charge >= 0.3 is 0 Å². The van der Waals surface area contributed by atoms with E-state index in [1.54, 1.807) is 12.1 Å². The predicted octanol–water partition coefficient (Wildman–Crippen LogP) is 2.37. The molecule has 0 aliphatic heterocycles. The van der Waals surface area contributed by atoms with Crippen LogP contribution >= 0.6 is 23.1 Å². The molecule has 4 nitrogen and oxygen atoms in total. The fourth-order valence-corrected chi connectivity index (χ4v) is 1.75. The first-order valence-electron chi connectivity index (χ1n) is 4.56. The number of halogens is 1. The summed E-state index contributed by atoms with van der Waals surface area (Å²) in [6.07, 6.45) is 1.83. The van der Waals surface area contributed by atoms with Crippen LogP contribution in [0.4, 0.5) is 5.00 Å². The van der Waals surface area contributed by atoms with Gasteiger partial charge in [-0.1, -0.05) is 28.2 Å². The van der Waals surface area contributed by atoms with Gasteiger partial charge in [-0.05, 0) is 17.7 Å². The Kier molecular flexibility index (Phi) is 3.48. The lowest BCUT2D eigenvalue weighted by Crippen LogP contribution is -2.13. The van der Waals surface area contributed by atoms with Gasteiger partial charge in [0.25, 0.3) is 0 Å². The Balaban J connectivity index is 1.95. The van der Waals surface area contributed by atoms with E-state index >= 15 is 0 Å². The van der Waals surface area contributed by atoms with Crippen LogP contribution < -0.4 is 5.32 Å². The van der Waals surface area contributed by atoms with Crippen LogP contribution in [0.3, 0.4) is 0 Å². The third-order valence-electron chi connectivity index (χ3n) is 1.90. The first-order chi connectivity index (χ1) is 7.74. The Morgan fingerprint density at radius 1 is 1.38 bits per heavy atom. The van der Waals surface area contributed by atoms with E-state index in [2.05, 4.69) is 14.9 Å². The molecule has 0 saturated carbocycles. The number of benzene rings is 1. The van der Waals surface area contributed by atoms with Gasteiger partial charge < -0.3 is 5.32 Å². The fourth-order valence-electron chi connectivity index (χ4n) is 1.19. The van der Waals surface area contributed by atoms with E-state index in [-0.39, 0.29) is 5.91 Å². The zero-order valence-electron chi connectivity index (χ0n) is 8.18. The molecule has 1 amide bonds. The lowest BCUT2D eigenvalue weighted by Gasteiger charge is -2.01. The van der Waals surface area contributed by atoms with Crippen LogP contribution in [0.2, 0.25) is 5.02 Å². The number of rotatable bonds is 3. The number of hydrogen-bond donors (Lipinski definition) is 1. The molecule has 0 unspecified atom stereocenters. The Bertz CT molecular complexity index is 469. The molecule has 82 valence electrons. The highest BCUT2D eigenvalue weighted by molar-refractivity contribution is 7.10. The van der Waals surface area contributed by atoms with Crippen molar-refractivity contribution >= 4 is 34.0 Å². The van der Waals surface area contributed by atoms with Crippen LogP contribution in [-0.4, -0.2) is 15.5 Å². The van der Waals surface area contributed by atoms with Gasteiger partial charge in [0.15, 0.2) is 0 Å². The summed E-state index contributed by atoms with van der Waals surface area (Å²) in [6, 6.07) is 7.18. The standard InChI is InChI=1S/C10H8ClN3OS/c11-8-3-1-7(2-4-8)5-9(15)13-10-6-12-14-16-10/h1-4,6H,5H2,(H,13,15). The van der Waals surface area contributed by atoms with Crippen LogP contribution in [0, 0.1) is 0 Å². The highest BCUT2D eigenvalue weighted by atomic mass is 35.5. The topological polar surface area (TPSA) is 54.9 Å². The molecule has 2 rings (SSSR count). The van der Waals surface area contributed by atoms with E-state index in [4.69, 9.17) is 11.6 Å². The molecule has 1 aromatic heterocycles. The second-order valence-corrected chi connectivity index (χ2v) is 4.36. The van der Waals surface area contributed by atoms with Gasteiger partial charge in [0.1, 0.15) is 5.00 Å². The van der Waals surface area contributed by atoms with Gasteiger partial charge in [-0.3, -0.25) is 4.79 Å². The molecule has 0 spiro atoms. The third-order valence-corrected chi connectivity index (χ3v) is 2.73. The fraction of sp³-hybridized carbons (Fsp3) is 0.100. The number of hydrogen-bond acceptors (Lipinski definition) is 4. The van der Waals surface area contributed by atoms with Crippen molar-refractivity contribution in [2.75, 3.05) is 5.32 Å². The number of nitrogens with zero attached hydrogens (tertiary/aromatic N) is 2. The molecule has 16 heavy (non-hydrogen) atoms. The van der Waals surface area contributed by atoms with Gasteiger partial charge in [0.2, 0.25) is 5.91 Å². The molecule has 0 radical (unpaired) electrons. The minimum Gasteiger partial charge on any atom is -0.315 e. The van der Waals surface area contributed by atoms with Crippen molar-refractivity contribution < 1.29 is 4.79 Å². The summed E-state index contributed by atoms with van der Waals surface area (Å²) in [7, 11) is 0. The lowest BCUT2D eigenvalue weighted by molar-refractivity contribution is -0.115. The monoisotopic (exact) mass is 253 g/mol. The maximum Gasteiger partial charge on any atom is 0.229 e. The molecule has 1 aromatic carbocycles.